The van der Waals surface area contributed by atoms with Gasteiger partial charge < -0.3 is 16.0 Å². The Morgan fingerprint density at radius 3 is 2.76 bits per heavy atom. The second-order valence-corrected chi connectivity index (χ2v) is 3.77. The minimum atomic E-state index is -4.34. The van der Waals surface area contributed by atoms with Gasteiger partial charge in [0.05, 0.1) is 13.1 Å². The summed E-state index contributed by atoms with van der Waals surface area (Å²) in [5.41, 5.74) is 0. The van der Waals surface area contributed by atoms with E-state index in [0.717, 1.165) is 6.42 Å². The molecule has 2 amide bonds. The molecule has 0 radical (unpaired) electrons. The van der Waals surface area contributed by atoms with Gasteiger partial charge in [-0.15, -0.1) is 0 Å². The largest absolute Gasteiger partial charge is 0.401 e. The highest BCUT2D eigenvalue weighted by molar-refractivity contribution is 5.88. The summed E-state index contributed by atoms with van der Waals surface area (Å²) < 4.78 is 35.3. The average molecular weight is 253 g/mol. The van der Waals surface area contributed by atoms with E-state index in [1.807, 2.05) is 5.32 Å². The van der Waals surface area contributed by atoms with Crippen molar-refractivity contribution in [2.75, 3.05) is 19.6 Å². The molecule has 1 aliphatic heterocycles. The maximum Gasteiger partial charge on any atom is 0.401 e. The van der Waals surface area contributed by atoms with Crippen LogP contribution in [-0.4, -0.2) is 43.7 Å². The Kier molecular flexibility index (Phi) is 4.73. The van der Waals surface area contributed by atoms with Gasteiger partial charge in [0.15, 0.2) is 0 Å². The first kappa shape index (κ1) is 13.8. The molecule has 1 saturated heterocycles. The highest BCUT2D eigenvalue weighted by Crippen LogP contribution is 2.11. The van der Waals surface area contributed by atoms with Crippen molar-refractivity contribution in [3.63, 3.8) is 0 Å². The van der Waals surface area contributed by atoms with Gasteiger partial charge in [-0.05, 0) is 12.8 Å². The Labute approximate surface area is 96.1 Å². The van der Waals surface area contributed by atoms with Crippen molar-refractivity contribution in [1.29, 1.82) is 0 Å². The number of amides is 2. The Morgan fingerprint density at radius 1 is 1.47 bits per heavy atom. The van der Waals surface area contributed by atoms with E-state index in [-0.39, 0.29) is 5.91 Å². The van der Waals surface area contributed by atoms with Crippen LogP contribution < -0.4 is 16.0 Å². The molecule has 1 fully saturated rings. The molecule has 1 unspecified atom stereocenters. The minimum Gasteiger partial charge on any atom is -0.354 e. The van der Waals surface area contributed by atoms with Gasteiger partial charge in [0.1, 0.15) is 6.04 Å². The molecule has 98 valence electrons. The van der Waals surface area contributed by atoms with Crippen LogP contribution in [0.3, 0.4) is 0 Å². The topological polar surface area (TPSA) is 70.2 Å². The first-order chi connectivity index (χ1) is 7.88. The molecule has 0 bridgehead atoms. The van der Waals surface area contributed by atoms with E-state index in [9.17, 15) is 22.8 Å². The number of carbonyl (C=O) groups is 2. The number of hydrogen-bond acceptors (Lipinski definition) is 3. The SMILES string of the molecule is O=C(CNCC(F)(F)F)NC1CCCNC1=O. The molecule has 0 saturated carbocycles. The predicted molar refractivity (Wildman–Crippen MR) is 53.1 cm³/mol. The van der Waals surface area contributed by atoms with Crippen LogP contribution in [0.4, 0.5) is 13.2 Å². The number of rotatable bonds is 4. The van der Waals surface area contributed by atoms with Gasteiger partial charge in [-0.25, -0.2) is 0 Å². The third kappa shape index (κ3) is 5.53. The molecular formula is C9H14F3N3O2. The summed E-state index contributed by atoms with van der Waals surface area (Å²) in [5, 5.41) is 6.90. The molecule has 1 aliphatic rings. The number of halogens is 3. The molecule has 1 atom stereocenters. The van der Waals surface area contributed by atoms with Crippen LogP contribution in [0.25, 0.3) is 0 Å². The van der Waals surface area contributed by atoms with E-state index in [4.69, 9.17) is 0 Å². The lowest BCUT2D eigenvalue weighted by atomic mass is 10.1. The van der Waals surface area contributed by atoms with E-state index in [2.05, 4.69) is 10.6 Å². The maximum absolute atomic E-state index is 11.8. The molecule has 5 nitrogen and oxygen atoms in total. The lowest BCUT2D eigenvalue weighted by molar-refractivity contribution is -0.132. The highest BCUT2D eigenvalue weighted by Gasteiger charge is 2.27. The van der Waals surface area contributed by atoms with E-state index < -0.39 is 31.2 Å². The van der Waals surface area contributed by atoms with Crippen LogP contribution in [0.2, 0.25) is 0 Å². The molecule has 0 aromatic heterocycles. The van der Waals surface area contributed by atoms with Crippen LogP contribution in [0, 0.1) is 0 Å². The zero-order valence-electron chi connectivity index (χ0n) is 9.06. The van der Waals surface area contributed by atoms with Gasteiger partial charge in [-0.1, -0.05) is 0 Å². The summed E-state index contributed by atoms with van der Waals surface area (Å²) in [5.74, 6) is -0.906. The zero-order valence-corrected chi connectivity index (χ0v) is 9.06. The molecule has 1 rings (SSSR count). The average Bonchev–Trinajstić information content (AvgIpc) is 2.19. The van der Waals surface area contributed by atoms with Gasteiger partial charge in [0.2, 0.25) is 11.8 Å². The molecule has 0 aliphatic carbocycles. The summed E-state index contributed by atoms with van der Waals surface area (Å²) >= 11 is 0. The van der Waals surface area contributed by atoms with Crippen molar-refractivity contribution in [1.82, 2.24) is 16.0 Å². The van der Waals surface area contributed by atoms with Crippen molar-refractivity contribution in [3.05, 3.63) is 0 Å². The monoisotopic (exact) mass is 253 g/mol. The number of nitrogens with one attached hydrogen (secondary N) is 3. The van der Waals surface area contributed by atoms with Crippen molar-refractivity contribution in [2.45, 2.75) is 25.1 Å². The lowest BCUT2D eigenvalue weighted by Gasteiger charge is -2.22. The van der Waals surface area contributed by atoms with Crippen LogP contribution in [-0.2, 0) is 9.59 Å². The standard InChI is InChI=1S/C9H14F3N3O2/c10-9(11,12)5-13-4-7(16)15-6-2-1-3-14-8(6)17/h6,13H,1-5H2,(H,14,17)(H,15,16). The molecule has 0 aromatic carbocycles. The third-order valence-electron chi connectivity index (χ3n) is 2.23. The van der Waals surface area contributed by atoms with Crippen molar-refractivity contribution in [3.8, 4) is 0 Å². The summed E-state index contributed by atoms with van der Waals surface area (Å²) in [7, 11) is 0. The third-order valence-corrected chi connectivity index (χ3v) is 2.23. The fourth-order valence-corrected chi connectivity index (χ4v) is 1.47. The molecule has 0 aromatic rings. The van der Waals surface area contributed by atoms with Crippen molar-refractivity contribution in [2.24, 2.45) is 0 Å². The quantitative estimate of drug-likeness (QED) is 0.634. The Hall–Kier alpha value is -1.31. The predicted octanol–water partition coefficient (Wildman–Crippen LogP) is -0.467. The van der Waals surface area contributed by atoms with Crippen LogP contribution >= 0.6 is 0 Å². The Morgan fingerprint density at radius 2 is 2.18 bits per heavy atom. The minimum absolute atomic E-state index is 0.291. The molecule has 3 N–H and O–H groups in total. The fourth-order valence-electron chi connectivity index (χ4n) is 1.47. The van der Waals surface area contributed by atoms with Crippen LogP contribution in [0.5, 0.6) is 0 Å². The summed E-state index contributed by atoms with van der Waals surface area (Å²) in [4.78, 5) is 22.5. The second kappa shape index (κ2) is 5.85. The van der Waals surface area contributed by atoms with Gasteiger partial charge in [-0.2, -0.15) is 13.2 Å². The molecule has 8 heteroatoms. The van der Waals surface area contributed by atoms with Crippen molar-refractivity contribution < 1.29 is 22.8 Å². The van der Waals surface area contributed by atoms with E-state index in [1.165, 1.54) is 0 Å². The van der Waals surface area contributed by atoms with E-state index >= 15 is 0 Å². The normalized spacial score (nSPS) is 20.9. The first-order valence-electron chi connectivity index (χ1n) is 5.23. The van der Waals surface area contributed by atoms with Gasteiger partial charge in [0, 0.05) is 6.54 Å². The zero-order chi connectivity index (χ0) is 12.9. The molecule has 17 heavy (non-hydrogen) atoms. The Balaban J connectivity index is 2.22. The van der Waals surface area contributed by atoms with E-state index in [1.54, 1.807) is 0 Å². The molecular weight excluding hydrogens is 239 g/mol. The fraction of sp³-hybridized carbons (Fsp3) is 0.778. The van der Waals surface area contributed by atoms with Gasteiger partial charge >= 0.3 is 6.18 Å². The summed E-state index contributed by atoms with van der Waals surface area (Å²) in [6.45, 7) is -1.11. The summed E-state index contributed by atoms with van der Waals surface area (Å²) in [6.07, 6.45) is -3.09. The smallest absolute Gasteiger partial charge is 0.354 e. The highest BCUT2D eigenvalue weighted by atomic mass is 19.4. The number of carbonyl (C=O) groups excluding carboxylic acids is 2. The Bertz CT molecular complexity index is 294. The molecule has 1 heterocycles. The summed E-state index contributed by atoms with van der Waals surface area (Å²) in [6, 6.07) is -0.635. The first-order valence-corrected chi connectivity index (χ1v) is 5.23. The molecule has 0 spiro atoms. The number of hydrogen-bond donors (Lipinski definition) is 3. The van der Waals surface area contributed by atoms with E-state index in [0.29, 0.717) is 13.0 Å². The van der Waals surface area contributed by atoms with Gasteiger partial charge in [0.25, 0.3) is 0 Å². The number of piperidine rings is 1. The second-order valence-electron chi connectivity index (χ2n) is 3.77. The number of alkyl halides is 3. The van der Waals surface area contributed by atoms with Crippen LogP contribution in [0.1, 0.15) is 12.8 Å². The van der Waals surface area contributed by atoms with Gasteiger partial charge in [-0.3, -0.25) is 9.59 Å². The lowest BCUT2D eigenvalue weighted by Crippen LogP contribution is -2.52. The van der Waals surface area contributed by atoms with Crippen LogP contribution in [0.15, 0.2) is 0 Å². The maximum atomic E-state index is 11.8. The van der Waals surface area contributed by atoms with Crippen molar-refractivity contribution >= 4 is 11.8 Å².